The first-order chi connectivity index (χ1) is 9.45. The van der Waals surface area contributed by atoms with Crippen molar-refractivity contribution in [3.8, 4) is 0 Å². The van der Waals surface area contributed by atoms with Crippen LogP contribution in [0, 0.1) is 13.8 Å². The topological polar surface area (TPSA) is 29.1 Å². The SMILES string of the molecule is Cc1cc(C(C)NC(=O)Cc2ccc(S)cc2)c(C)s1. The summed E-state index contributed by atoms with van der Waals surface area (Å²) in [5.41, 5.74) is 2.22. The highest BCUT2D eigenvalue weighted by Gasteiger charge is 2.14. The Bertz CT molecular complexity index is 601. The molecule has 0 radical (unpaired) electrons. The zero-order valence-electron chi connectivity index (χ0n) is 11.9. The summed E-state index contributed by atoms with van der Waals surface area (Å²) in [6.45, 7) is 6.22. The van der Waals surface area contributed by atoms with Gasteiger partial charge in [0.25, 0.3) is 0 Å². The molecule has 0 aliphatic heterocycles. The van der Waals surface area contributed by atoms with Crippen LogP contribution in [0.3, 0.4) is 0 Å². The fraction of sp³-hybridized carbons (Fsp3) is 0.312. The smallest absolute Gasteiger partial charge is 0.224 e. The van der Waals surface area contributed by atoms with Gasteiger partial charge in [0.15, 0.2) is 0 Å². The van der Waals surface area contributed by atoms with Gasteiger partial charge in [0.1, 0.15) is 0 Å². The van der Waals surface area contributed by atoms with Crippen LogP contribution in [-0.4, -0.2) is 5.91 Å². The predicted octanol–water partition coefficient (Wildman–Crippen LogP) is 4.07. The van der Waals surface area contributed by atoms with Crippen molar-refractivity contribution in [1.29, 1.82) is 0 Å². The Kier molecular flexibility index (Phi) is 4.89. The monoisotopic (exact) mass is 305 g/mol. The largest absolute Gasteiger partial charge is 0.349 e. The van der Waals surface area contributed by atoms with Gasteiger partial charge in [-0.15, -0.1) is 24.0 Å². The van der Waals surface area contributed by atoms with Crippen molar-refractivity contribution in [2.24, 2.45) is 0 Å². The van der Waals surface area contributed by atoms with E-state index in [0.29, 0.717) is 6.42 Å². The quantitative estimate of drug-likeness (QED) is 0.819. The van der Waals surface area contributed by atoms with Gasteiger partial charge in [-0.3, -0.25) is 4.79 Å². The molecule has 0 fully saturated rings. The van der Waals surface area contributed by atoms with Gasteiger partial charge in [-0.05, 0) is 50.1 Å². The lowest BCUT2D eigenvalue weighted by atomic mass is 10.1. The van der Waals surface area contributed by atoms with Crippen LogP contribution in [0.4, 0.5) is 0 Å². The number of hydrogen-bond acceptors (Lipinski definition) is 3. The first-order valence-electron chi connectivity index (χ1n) is 6.60. The standard InChI is InChI=1S/C16H19NOS2/c1-10-8-15(12(3)20-10)11(2)17-16(18)9-13-4-6-14(19)7-5-13/h4-8,11,19H,9H2,1-3H3,(H,17,18). The molecule has 1 amide bonds. The highest BCUT2D eigenvalue weighted by atomic mass is 32.1. The lowest BCUT2D eigenvalue weighted by Crippen LogP contribution is -2.28. The molecule has 2 aromatic rings. The number of benzene rings is 1. The molecule has 106 valence electrons. The van der Waals surface area contributed by atoms with Crippen LogP contribution >= 0.6 is 24.0 Å². The molecule has 1 unspecified atom stereocenters. The molecular formula is C16H19NOS2. The molecule has 0 bridgehead atoms. The number of hydrogen-bond donors (Lipinski definition) is 2. The summed E-state index contributed by atoms with van der Waals surface area (Å²) in [4.78, 5) is 15.5. The number of carbonyl (C=O) groups excluding carboxylic acids is 1. The average molecular weight is 305 g/mol. The number of nitrogens with one attached hydrogen (secondary N) is 1. The van der Waals surface area contributed by atoms with Crippen LogP contribution in [0.15, 0.2) is 35.2 Å². The van der Waals surface area contributed by atoms with Gasteiger partial charge in [-0.25, -0.2) is 0 Å². The summed E-state index contributed by atoms with van der Waals surface area (Å²) in [5, 5.41) is 3.06. The van der Waals surface area contributed by atoms with Crippen molar-refractivity contribution in [2.45, 2.75) is 38.1 Å². The summed E-state index contributed by atoms with van der Waals surface area (Å²) in [6, 6.07) is 9.89. The molecule has 1 atom stereocenters. The van der Waals surface area contributed by atoms with E-state index in [4.69, 9.17) is 0 Å². The van der Waals surface area contributed by atoms with E-state index in [1.165, 1.54) is 15.3 Å². The summed E-state index contributed by atoms with van der Waals surface area (Å²) in [7, 11) is 0. The minimum atomic E-state index is 0.0488. The summed E-state index contributed by atoms with van der Waals surface area (Å²) >= 11 is 6.01. The number of thiophene rings is 1. The van der Waals surface area contributed by atoms with E-state index in [0.717, 1.165) is 10.5 Å². The number of aryl methyl sites for hydroxylation is 2. The van der Waals surface area contributed by atoms with E-state index >= 15 is 0 Å². The molecular weight excluding hydrogens is 286 g/mol. The Morgan fingerprint density at radius 3 is 2.50 bits per heavy atom. The molecule has 2 nitrogen and oxygen atoms in total. The molecule has 2 rings (SSSR count). The maximum absolute atomic E-state index is 12.1. The fourth-order valence-electron chi connectivity index (χ4n) is 2.25. The van der Waals surface area contributed by atoms with E-state index in [2.05, 4.69) is 37.9 Å². The molecule has 0 spiro atoms. The van der Waals surface area contributed by atoms with Crippen molar-refractivity contribution in [3.63, 3.8) is 0 Å². The molecule has 20 heavy (non-hydrogen) atoms. The van der Waals surface area contributed by atoms with E-state index in [9.17, 15) is 4.79 Å². The van der Waals surface area contributed by atoms with Gasteiger partial charge in [0.2, 0.25) is 5.91 Å². The zero-order valence-corrected chi connectivity index (χ0v) is 13.6. The molecule has 1 N–H and O–H groups in total. The van der Waals surface area contributed by atoms with Crippen molar-refractivity contribution < 1.29 is 4.79 Å². The second-order valence-electron chi connectivity index (χ2n) is 5.00. The van der Waals surface area contributed by atoms with Gasteiger partial charge in [0, 0.05) is 14.6 Å². The first kappa shape index (κ1) is 15.1. The lowest BCUT2D eigenvalue weighted by molar-refractivity contribution is -0.121. The van der Waals surface area contributed by atoms with Crippen LogP contribution in [0.25, 0.3) is 0 Å². The van der Waals surface area contributed by atoms with Crippen LogP contribution in [0.1, 0.15) is 33.8 Å². The number of thiol groups is 1. The Hall–Kier alpha value is -1.26. The second kappa shape index (κ2) is 6.46. The van der Waals surface area contributed by atoms with Gasteiger partial charge >= 0.3 is 0 Å². The van der Waals surface area contributed by atoms with E-state index in [1.54, 1.807) is 11.3 Å². The normalized spacial score (nSPS) is 12.2. The van der Waals surface area contributed by atoms with Crippen molar-refractivity contribution in [1.82, 2.24) is 5.32 Å². The molecule has 0 saturated heterocycles. The van der Waals surface area contributed by atoms with E-state index in [1.807, 2.05) is 31.2 Å². The van der Waals surface area contributed by atoms with E-state index in [-0.39, 0.29) is 11.9 Å². The third-order valence-electron chi connectivity index (χ3n) is 3.22. The maximum Gasteiger partial charge on any atom is 0.224 e. The highest BCUT2D eigenvalue weighted by Crippen LogP contribution is 2.26. The Balaban J connectivity index is 1.97. The zero-order chi connectivity index (χ0) is 14.7. The van der Waals surface area contributed by atoms with Gasteiger partial charge in [0.05, 0.1) is 12.5 Å². The van der Waals surface area contributed by atoms with Gasteiger partial charge in [-0.2, -0.15) is 0 Å². The summed E-state index contributed by atoms with van der Waals surface area (Å²) < 4.78 is 0. The van der Waals surface area contributed by atoms with E-state index < -0.39 is 0 Å². The van der Waals surface area contributed by atoms with Crippen molar-refractivity contribution in [2.75, 3.05) is 0 Å². The predicted molar refractivity (Wildman–Crippen MR) is 87.7 cm³/mol. The molecule has 1 aromatic carbocycles. The van der Waals surface area contributed by atoms with Crippen LogP contribution < -0.4 is 5.32 Å². The third kappa shape index (κ3) is 3.87. The minimum absolute atomic E-state index is 0.0488. The molecule has 0 aliphatic rings. The fourth-order valence-corrected chi connectivity index (χ4v) is 3.42. The van der Waals surface area contributed by atoms with Crippen LogP contribution in [0.2, 0.25) is 0 Å². The maximum atomic E-state index is 12.1. The molecule has 1 aromatic heterocycles. The third-order valence-corrected chi connectivity index (χ3v) is 4.50. The van der Waals surface area contributed by atoms with Crippen LogP contribution in [0.5, 0.6) is 0 Å². The Morgan fingerprint density at radius 2 is 1.95 bits per heavy atom. The summed E-state index contributed by atoms with van der Waals surface area (Å²) in [6.07, 6.45) is 0.403. The Morgan fingerprint density at radius 1 is 1.30 bits per heavy atom. The first-order valence-corrected chi connectivity index (χ1v) is 7.86. The number of carbonyl (C=O) groups is 1. The molecule has 4 heteroatoms. The lowest BCUT2D eigenvalue weighted by Gasteiger charge is -2.14. The van der Waals surface area contributed by atoms with Crippen LogP contribution in [-0.2, 0) is 11.2 Å². The minimum Gasteiger partial charge on any atom is -0.349 e. The molecule has 1 heterocycles. The van der Waals surface area contributed by atoms with Crippen molar-refractivity contribution >= 4 is 29.9 Å². The highest BCUT2D eigenvalue weighted by molar-refractivity contribution is 7.80. The van der Waals surface area contributed by atoms with Gasteiger partial charge in [-0.1, -0.05) is 12.1 Å². The number of amides is 1. The average Bonchev–Trinajstić information content (AvgIpc) is 2.71. The Labute approximate surface area is 129 Å². The van der Waals surface area contributed by atoms with Gasteiger partial charge < -0.3 is 5.32 Å². The molecule has 0 saturated carbocycles. The second-order valence-corrected chi connectivity index (χ2v) is 6.98. The summed E-state index contributed by atoms with van der Waals surface area (Å²) in [5.74, 6) is 0.0488. The number of rotatable bonds is 4. The molecule has 0 aliphatic carbocycles. The van der Waals surface area contributed by atoms with Crippen molar-refractivity contribution in [3.05, 3.63) is 51.2 Å².